The maximum absolute atomic E-state index is 12.4. The van der Waals surface area contributed by atoms with Gasteiger partial charge in [0.2, 0.25) is 5.89 Å². The second-order valence-corrected chi connectivity index (χ2v) is 8.90. The molecule has 1 aromatic heterocycles. The molecule has 4 rings (SSSR count). The van der Waals surface area contributed by atoms with Gasteiger partial charge in [-0.15, -0.1) is 0 Å². The maximum Gasteiger partial charge on any atom is 0.257 e. The second-order valence-electron chi connectivity index (χ2n) is 7.67. The van der Waals surface area contributed by atoms with Crippen molar-refractivity contribution < 1.29 is 9.21 Å². The first kappa shape index (κ1) is 23.2. The predicted molar refractivity (Wildman–Crippen MR) is 138 cm³/mol. The Hall–Kier alpha value is -2.93. The molecule has 0 unspecified atom stereocenters. The van der Waals surface area contributed by atoms with Gasteiger partial charge in [-0.05, 0) is 78.7 Å². The molecule has 0 bridgehead atoms. The number of amides is 1. The number of anilines is 1. The minimum Gasteiger partial charge on any atom is -0.436 e. The van der Waals surface area contributed by atoms with E-state index in [2.05, 4.69) is 41.6 Å². The van der Waals surface area contributed by atoms with Crippen LogP contribution in [-0.2, 0) is 0 Å². The summed E-state index contributed by atoms with van der Waals surface area (Å²) in [5, 5.41) is 6.47. The van der Waals surface area contributed by atoms with Gasteiger partial charge in [0.1, 0.15) is 5.52 Å². The number of halogens is 2. The van der Waals surface area contributed by atoms with E-state index < -0.39 is 5.91 Å². The normalized spacial score (nSPS) is 11.9. The van der Waals surface area contributed by atoms with E-state index in [9.17, 15) is 4.79 Å². The van der Waals surface area contributed by atoms with Gasteiger partial charge in [-0.2, -0.15) is 0 Å². The highest BCUT2D eigenvalue weighted by molar-refractivity contribution is 7.80. The topological polar surface area (TPSA) is 67.2 Å². The van der Waals surface area contributed by atoms with Crippen molar-refractivity contribution in [3.63, 3.8) is 0 Å². The fraction of sp³-hybridized carbons (Fsp3) is 0.160. The van der Waals surface area contributed by atoms with E-state index in [1.165, 1.54) is 11.6 Å². The third kappa shape index (κ3) is 5.36. The zero-order valence-electron chi connectivity index (χ0n) is 18.0. The number of aromatic nitrogens is 1. The minimum absolute atomic E-state index is 0.152. The van der Waals surface area contributed by atoms with Crippen LogP contribution in [0.5, 0.6) is 0 Å². The van der Waals surface area contributed by atoms with Crippen LogP contribution in [0.3, 0.4) is 0 Å². The molecular weight excluding hydrogens is 477 g/mol. The number of carbonyl (C=O) groups is 1. The molecule has 4 aromatic rings. The van der Waals surface area contributed by atoms with Crippen molar-refractivity contribution in [1.29, 1.82) is 0 Å². The van der Waals surface area contributed by atoms with Crippen molar-refractivity contribution in [1.82, 2.24) is 10.3 Å². The molecule has 0 aliphatic rings. The van der Waals surface area contributed by atoms with Crippen molar-refractivity contribution in [2.24, 2.45) is 0 Å². The van der Waals surface area contributed by atoms with Crippen LogP contribution >= 0.6 is 35.4 Å². The number of oxazole rings is 1. The Morgan fingerprint density at radius 1 is 1.09 bits per heavy atom. The third-order valence-electron chi connectivity index (χ3n) is 5.37. The standard InChI is InChI=1S/C25H21Cl2N3O2S/c1-3-14(2)15-8-10-22-21(13-15)29-24(32-22)17-5-4-6-18(11-17)28-25(33)30-23(31)16-7-9-19(26)20(27)12-16/h4-14H,3H2,1-2H3,(H2,28,30,31,33)/t14-/m1/s1. The number of fused-ring (bicyclic) bond motifs is 1. The van der Waals surface area contributed by atoms with Gasteiger partial charge < -0.3 is 9.73 Å². The molecule has 0 fully saturated rings. The fourth-order valence-corrected chi connectivity index (χ4v) is 3.82. The van der Waals surface area contributed by atoms with Crippen LogP contribution in [0.25, 0.3) is 22.6 Å². The summed E-state index contributed by atoms with van der Waals surface area (Å²) < 4.78 is 5.96. The van der Waals surface area contributed by atoms with Gasteiger partial charge in [0, 0.05) is 16.8 Å². The summed E-state index contributed by atoms with van der Waals surface area (Å²) in [6.07, 6.45) is 1.06. The second kappa shape index (κ2) is 9.91. The highest BCUT2D eigenvalue weighted by atomic mass is 35.5. The molecule has 1 atom stereocenters. The Labute approximate surface area is 207 Å². The zero-order valence-corrected chi connectivity index (χ0v) is 20.3. The number of hydrogen-bond donors (Lipinski definition) is 2. The quantitative estimate of drug-likeness (QED) is 0.280. The Morgan fingerprint density at radius 3 is 2.67 bits per heavy atom. The molecule has 0 saturated heterocycles. The van der Waals surface area contributed by atoms with E-state index >= 15 is 0 Å². The van der Waals surface area contributed by atoms with Gasteiger partial charge in [-0.1, -0.05) is 49.2 Å². The summed E-state index contributed by atoms with van der Waals surface area (Å²) in [5.74, 6) is 0.584. The first-order valence-electron chi connectivity index (χ1n) is 10.4. The number of nitrogens with zero attached hydrogens (tertiary/aromatic N) is 1. The van der Waals surface area contributed by atoms with Gasteiger partial charge in [-0.25, -0.2) is 4.98 Å². The zero-order chi connectivity index (χ0) is 23.5. The number of nitrogens with one attached hydrogen (secondary N) is 2. The summed E-state index contributed by atoms with van der Waals surface area (Å²) in [6, 6.07) is 18.2. The molecule has 1 amide bonds. The van der Waals surface area contributed by atoms with Crippen LogP contribution in [0.2, 0.25) is 10.0 Å². The summed E-state index contributed by atoms with van der Waals surface area (Å²) in [5.41, 5.74) is 4.63. The predicted octanol–water partition coefficient (Wildman–Crippen LogP) is 7.44. The average Bonchev–Trinajstić information content (AvgIpc) is 3.24. The van der Waals surface area contributed by atoms with Gasteiger partial charge in [0.05, 0.1) is 10.0 Å². The first-order valence-corrected chi connectivity index (χ1v) is 11.6. The molecule has 33 heavy (non-hydrogen) atoms. The van der Waals surface area contributed by atoms with Gasteiger partial charge in [0.25, 0.3) is 5.91 Å². The number of carbonyl (C=O) groups excluding carboxylic acids is 1. The van der Waals surface area contributed by atoms with Crippen molar-refractivity contribution >= 4 is 63.2 Å². The summed E-state index contributed by atoms with van der Waals surface area (Å²) in [7, 11) is 0. The Balaban J connectivity index is 1.49. The van der Waals surface area contributed by atoms with E-state index in [1.807, 2.05) is 30.3 Å². The third-order valence-corrected chi connectivity index (χ3v) is 6.31. The van der Waals surface area contributed by atoms with Gasteiger partial charge >= 0.3 is 0 Å². The lowest BCUT2D eigenvalue weighted by molar-refractivity contribution is 0.0977. The lowest BCUT2D eigenvalue weighted by atomic mass is 9.98. The number of hydrogen-bond acceptors (Lipinski definition) is 4. The molecule has 0 saturated carbocycles. The lowest BCUT2D eigenvalue weighted by Gasteiger charge is -2.10. The molecule has 168 valence electrons. The van der Waals surface area contributed by atoms with Crippen LogP contribution in [0.15, 0.2) is 65.1 Å². The molecule has 0 radical (unpaired) electrons. The highest BCUT2D eigenvalue weighted by Gasteiger charge is 2.13. The number of thiocarbonyl (C=S) groups is 1. The maximum atomic E-state index is 12.4. The van der Waals surface area contributed by atoms with Crippen molar-refractivity contribution in [3.8, 4) is 11.5 Å². The molecule has 0 aliphatic carbocycles. The van der Waals surface area contributed by atoms with Crippen molar-refractivity contribution in [3.05, 3.63) is 81.8 Å². The van der Waals surface area contributed by atoms with E-state index in [-0.39, 0.29) is 5.11 Å². The molecule has 3 aromatic carbocycles. The molecule has 0 aliphatic heterocycles. The summed E-state index contributed by atoms with van der Waals surface area (Å²) in [4.78, 5) is 17.1. The van der Waals surface area contributed by atoms with Crippen molar-refractivity contribution in [2.75, 3.05) is 5.32 Å². The van der Waals surface area contributed by atoms with Crippen LogP contribution in [0.1, 0.15) is 42.1 Å². The Bertz CT molecular complexity index is 1350. The Morgan fingerprint density at radius 2 is 1.91 bits per heavy atom. The van der Waals surface area contributed by atoms with E-state index in [1.54, 1.807) is 12.1 Å². The van der Waals surface area contributed by atoms with E-state index in [4.69, 9.17) is 39.8 Å². The monoisotopic (exact) mass is 497 g/mol. The lowest BCUT2D eigenvalue weighted by Crippen LogP contribution is -2.34. The SMILES string of the molecule is CC[C@@H](C)c1ccc2oc(-c3cccc(NC(=S)NC(=O)c4ccc(Cl)c(Cl)c4)c3)nc2c1. The first-order chi connectivity index (χ1) is 15.8. The summed E-state index contributed by atoms with van der Waals surface area (Å²) >= 11 is 17.2. The highest BCUT2D eigenvalue weighted by Crippen LogP contribution is 2.29. The number of rotatable bonds is 5. The van der Waals surface area contributed by atoms with Crippen LogP contribution in [-0.4, -0.2) is 16.0 Å². The average molecular weight is 498 g/mol. The van der Waals surface area contributed by atoms with E-state index in [0.717, 1.165) is 23.1 Å². The molecule has 8 heteroatoms. The largest absolute Gasteiger partial charge is 0.436 e. The number of benzene rings is 3. The van der Waals surface area contributed by atoms with Gasteiger partial charge in [0.15, 0.2) is 10.7 Å². The molecule has 2 N–H and O–H groups in total. The van der Waals surface area contributed by atoms with Crippen LogP contribution in [0.4, 0.5) is 5.69 Å². The minimum atomic E-state index is -0.390. The van der Waals surface area contributed by atoms with Gasteiger partial charge in [-0.3, -0.25) is 10.1 Å². The molecule has 0 spiro atoms. The molecular formula is C25H21Cl2N3O2S. The smallest absolute Gasteiger partial charge is 0.257 e. The molecule has 1 heterocycles. The Kier molecular flexibility index (Phi) is 6.98. The fourth-order valence-electron chi connectivity index (χ4n) is 3.32. The van der Waals surface area contributed by atoms with E-state index in [0.29, 0.717) is 33.1 Å². The van der Waals surface area contributed by atoms with Crippen LogP contribution < -0.4 is 10.6 Å². The summed E-state index contributed by atoms with van der Waals surface area (Å²) in [6.45, 7) is 4.36. The van der Waals surface area contributed by atoms with Crippen molar-refractivity contribution in [2.45, 2.75) is 26.2 Å². The molecule has 5 nitrogen and oxygen atoms in total. The van der Waals surface area contributed by atoms with Crippen LogP contribution in [0, 0.1) is 0 Å².